The highest BCUT2D eigenvalue weighted by Crippen LogP contribution is 2.47. The number of benzene rings is 1. The van der Waals surface area contributed by atoms with Crippen molar-refractivity contribution in [2.24, 2.45) is 11.8 Å². The zero-order chi connectivity index (χ0) is 11.1. The third-order valence-electron chi connectivity index (χ3n) is 4.50. The fourth-order valence-electron chi connectivity index (χ4n) is 3.61. The molecule has 0 bridgehead atoms. The fourth-order valence-corrected chi connectivity index (χ4v) is 3.61. The Labute approximate surface area is 96.9 Å². The van der Waals surface area contributed by atoms with Gasteiger partial charge in [0, 0.05) is 12.0 Å². The van der Waals surface area contributed by atoms with E-state index in [1.54, 1.807) is 0 Å². The molecule has 1 heteroatoms. The van der Waals surface area contributed by atoms with Crippen LogP contribution >= 0.6 is 0 Å². The second kappa shape index (κ2) is 3.73. The van der Waals surface area contributed by atoms with Crippen molar-refractivity contribution in [2.45, 2.75) is 38.5 Å². The summed E-state index contributed by atoms with van der Waals surface area (Å²) < 4.78 is 0. The number of carbonyl (C=O) groups is 1. The quantitative estimate of drug-likeness (QED) is 0.642. The molecule has 1 saturated carbocycles. The number of hydrogen-bond donors (Lipinski definition) is 0. The van der Waals surface area contributed by atoms with Gasteiger partial charge < -0.3 is 0 Å². The van der Waals surface area contributed by atoms with Gasteiger partial charge >= 0.3 is 0 Å². The second-order valence-corrected chi connectivity index (χ2v) is 5.39. The predicted octanol–water partition coefficient (Wildman–Crippen LogP) is 3.79. The average Bonchev–Trinajstić information content (AvgIpc) is 2.31. The highest BCUT2D eigenvalue weighted by Gasteiger charge is 2.38. The van der Waals surface area contributed by atoms with Crippen molar-refractivity contribution in [3.8, 4) is 0 Å². The van der Waals surface area contributed by atoms with Gasteiger partial charge in [-0.3, -0.25) is 4.79 Å². The first-order valence-electron chi connectivity index (χ1n) is 6.39. The third kappa shape index (κ3) is 1.41. The first kappa shape index (κ1) is 10.1. The van der Waals surface area contributed by atoms with Crippen LogP contribution in [0.15, 0.2) is 24.3 Å². The highest BCUT2D eigenvalue weighted by atomic mass is 16.1. The van der Waals surface area contributed by atoms with Gasteiger partial charge in [0.05, 0.1) is 0 Å². The molecule has 1 fully saturated rings. The Morgan fingerprint density at radius 3 is 2.88 bits per heavy atom. The van der Waals surface area contributed by atoms with E-state index in [4.69, 9.17) is 0 Å². The molecule has 16 heavy (non-hydrogen) atoms. The maximum atomic E-state index is 12.1. The monoisotopic (exact) mass is 214 g/mol. The molecule has 2 aliphatic carbocycles. The van der Waals surface area contributed by atoms with Crippen LogP contribution in [0.3, 0.4) is 0 Å². The minimum absolute atomic E-state index is 0.366. The van der Waals surface area contributed by atoms with Crippen LogP contribution < -0.4 is 0 Å². The van der Waals surface area contributed by atoms with E-state index in [1.807, 2.05) is 12.1 Å². The molecule has 0 N–H and O–H groups in total. The molecule has 1 aromatic rings. The van der Waals surface area contributed by atoms with Crippen molar-refractivity contribution in [3.05, 3.63) is 35.4 Å². The van der Waals surface area contributed by atoms with Crippen molar-refractivity contribution in [1.29, 1.82) is 0 Å². The zero-order valence-electron chi connectivity index (χ0n) is 9.78. The van der Waals surface area contributed by atoms with Gasteiger partial charge in [-0.2, -0.15) is 0 Å². The molecule has 0 radical (unpaired) electrons. The average molecular weight is 214 g/mol. The second-order valence-electron chi connectivity index (χ2n) is 5.39. The molecule has 0 aromatic heterocycles. The zero-order valence-corrected chi connectivity index (χ0v) is 9.78. The predicted molar refractivity (Wildman–Crippen MR) is 64.6 cm³/mol. The summed E-state index contributed by atoms with van der Waals surface area (Å²) in [5.41, 5.74) is 2.33. The number of carbonyl (C=O) groups excluding carboxylic acids is 1. The molecule has 0 spiro atoms. The lowest BCUT2D eigenvalue weighted by Gasteiger charge is -2.40. The van der Waals surface area contributed by atoms with E-state index in [-0.39, 0.29) is 0 Å². The van der Waals surface area contributed by atoms with E-state index >= 15 is 0 Å². The Hall–Kier alpha value is -1.11. The first-order valence-corrected chi connectivity index (χ1v) is 6.39. The highest BCUT2D eigenvalue weighted by molar-refractivity contribution is 5.99. The summed E-state index contributed by atoms with van der Waals surface area (Å²) in [6, 6.07) is 8.24. The van der Waals surface area contributed by atoms with Crippen molar-refractivity contribution in [2.75, 3.05) is 0 Å². The van der Waals surface area contributed by atoms with Gasteiger partial charge in [-0.25, -0.2) is 0 Å². The molecule has 0 saturated heterocycles. The molecular weight excluding hydrogens is 196 g/mol. The number of hydrogen-bond acceptors (Lipinski definition) is 1. The number of fused-ring (bicyclic) bond motifs is 3. The van der Waals surface area contributed by atoms with Crippen LogP contribution in [0, 0.1) is 11.8 Å². The van der Waals surface area contributed by atoms with Crippen molar-refractivity contribution in [1.82, 2.24) is 0 Å². The van der Waals surface area contributed by atoms with Gasteiger partial charge in [-0.05, 0) is 29.7 Å². The minimum Gasteiger partial charge on any atom is -0.294 e. The van der Waals surface area contributed by atoms with Crippen molar-refractivity contribution in [3.63, 3.8) is 0 Å². The SMILES string of the molecule is C[C@H]1CCCC2c3ccccc3C(=O)C[C@@H]21. The number of rotatable bonds is 0. The normalized spacial score (nSPS) is 33.1. The molecule has 1 aromatic carbocycles. The van der Waals surface area contributed by atoms with Crippen LogP contribution in [0.1, 0.15) is 54.4 Å². The molecule has 3 rings (SSSR count). The van der Waals surface area contributed by atoms with Crippen LogP contribution in [-0.2, 0) is 0 Å². The molecule has 0 amide bonds. The summed E-state index contributed by atoms with van der Waals surface area (Å²) in [4.78, 5) is 12.1. The maximum Gasteiger partial charge on any atom is 0.163 e. The van der Waals surface area contributed by atoms with Crippen LogP contribution in [0.2, 0.25) is 0 Å². The standard InChI is InChI=1S/C15H18O/c1-10-5-4-8-12-11-6-2-3-7-13(11)15(16)9-14(10)12/h2-3,6-7,10,12,14H,4-5,8-9H2,1H3/t10-,12?,14+/m0/s1. The van der Waals surface area contributed by atoms with Crippen molar-refractivity contribution >= 4 is 5.78 Å². The first-order chi connectivity index (χ1) is 7.77. The van der Waals surface area contributed by atoms with Crippen LogP contribution in [0.25, 0.3) is 0 Å². The minimum atomic E-state index is 0.366. The fraction of sp³-hybridized carbons (Fsp3) is 0.533. The lowest BCUT2D eigenvalue weighted by molar-refractivity contribution is 0.0879. The summed E-state index contributed by atoms with van der Waals surface area (Å²) in [7, 11) is 0. The lowest BCUT2D eigenvalue weighted by Crippen LogP contribution is -2.32. The van der Waals surface area contributed by atoms with Gasteiger partial charge in [0.15, 0.2) is 5.78 Å². The van der Waals surface area contributed by atoms with E-state index in [1.165, 1.54) is 24.8 Å². The largest absolute Gasteiger partial charge is 0.294 e. The molecule has 1 unspecified atom stereocenters. The van der Waals surface area contributed by atoms with Gasteiger partial charge in [0.2, 0.25) is 0 Å². The molecule has 1 nitrogen and oxygen atoms in total. The Balaban J connectivity index is 2.07. The molecule has 84 valence electrons. The molecular formula is C15H18O. The molecule has 0 aliphatic heterocycles. The summed E-state index contributed by atoms with van der Waals surface area (Å²) in [6.07, 6.45) is 4.68. The van der Waals surface area contributed by atoms with E-state index < -0.39 is 0 Å². The Kier molecular flexibility index (Phi) is 2.34. The Morgan fingerprint density at radius 2 is 2.00 bits per heavy atom. The summed E-state index contributed by atoms with van der Waals surface area (Å²) >= 11 is 0. The smallest absolute Gasteiger partial charge is 0.163 e. The van der Waals surface area contributed by atoms with E-state index in [2.05, 4.69) is 19.1 Å². The summed E-state index contributed by atoms with van der Waals surface area (Å²) in [5.74, 6) is 2.34. The third-order valence-corrected chi connectivity index (χ3v) is 4.50. The van der Waals surface area contributed by atoms with Gasteiger partial charge in [-0.15, -0.1) is 0 Å². The van der Waals surface area contributed by atoms with Gasteiger partial charge in [0.1, 0.15) is 0 Å². The van der Waals surface area contributed by atoms with Crippen molar-refractivity contribution < 1.29 is 4.79 Å². The summed E-state index contributed by atoms with van der Waals surface area (Å²) in [6.45, 7) is 2.32. The topological polar surface area (TPSA) is 17.1 Å². The van der Waals surface area contributed by atoms with Crippen LogP contribution in [-0.4, -0.2) is 5.78 Å². The number of ketones is 1. The van der Waals surface area contributed by atoms with E-state index in [0.717, 1.165) is 17.9 Å². The van der Waals surface area contributed by atoms with E-state index in [9.17, 15) is 4.79 Å². The van der Waals surface area contributed by atoms with Gasteiger partial charge in [0.25, 0.3) is 0 Å². The molecule has 0 heterocycles. The molecule has 3 atom stereocenters. The Bertz CT molecular complexity index is 421. The lowest BCUT2D eigenvalue weighted by atomic mass is 9.64. The summed E-state index contributed by atoms with van der Waals surface area (Å²) in [5, 5.41) is 0. The van der Waals surface area contributed by atoms with Crippen LogP contribution in [0.5, 0.6) is 0 Å². The van der Waals surface area contributed by atoms with Crippen LogP contribution in [0.4, 0.5) is 0 Å². The van der Waals surface area contributed by atoms with E-state index in [0.29, 0.717) is 17.6 Å². The van der Waals surface area contributed by atoms with Gasteiger partial charge in [-0.1, -0.05) is 44.0 Å². The maximum absolute atomic E-state index is 12.1. The number of Topliss-reactive ketones (excluding diaryl/α,β-unsaturated/α-hetero) is 1. The Morgan fingerprint density at radius 1 is 1.19 bits per heavy atom. The molecule has 2 aliphatic rings.